The van der Waals surface area contributed by atoms with Gasteiger partial charge in [-0.25, -0.2) is 0 Å². The largest absolute Gasteiger partial charge is 0.356 e. The van der Waals surface area contributed by atoms with Gasteiger partial charge in [0.2, 0.25) is 6.29 Å². The van der Waals surface area contributed by atoms with Crippen molar-refractivity contribution in [3.05, 3.63) is 0 Å². The van der Waals surface area contributed by atoms with Gasteiger partial charge in [-0.1, -0.05) is 0 Å². The number of nitriles is 1. The summed E-state index contributed by atoms with van der Waals surface area (Å²) in [5, 5.41) is 16.1. The molecule has 1 atom stereocenters. The zero-order valence-electron chi connectivity index (χ0n) is 4.09. The second-order valence-electron chi connectivity index (χ2n) is 0.937. The Labute approximate surface area is 42.1 Å². The van der Waals surface area contributed by atoms with Crippen molar-refractivity contribution >= 4 is 0 Å². The van der Waals surface area contributed by atoms with Gasteiger partial charge in [0.05, 0.1) is 0 Å². The molecule has 3 heteroatoms. The maximum Gasteiger partial charge on any atom is 0.245 e. The molecule has 1 unspecified atom stereocenters. The number of hydrogen-bond donors (Lipinski definition) is 1. The highest BCUT2D eigenvalue weighted by atomic mass is 16.6. The topological polar surface area (TPSA) is 53.2 Å². The second-order valence-corrected chi connectivity index (χ2v) is 0.937. The Morgan fingerprint density at radius 3 is 2.71 bits per heavy atom. The molecule has 0 saturated carbocycles. The summed E-state index contributed by atoms with van der Waals surface area (Å²) in [5.74, 6) is 0. The van der Waals surface area contributed by atoms with Crippen LogP contribution in [0, 0.1) is 11.3 Å². The summed E-state index contributed by atoms with van der Waals surface area (Å²) in [6.45, 7) is 2.08. The van der Waals surface area contributed by atoms with Gasteiger partial charge < -0.3 is 9.84 Å². The van der Waals surface area contributed by atoms with Crippen molar-refractivity contribution in [1.29, 1.82) is 5.26 Å². The van der Waals surface area contributed by atoms with Crippen LogP contribution in [0.1, 0.15) is 6.92 Å². The van der Waals surface area contributed by atoms with Crippen molar-refractivity contribution in [1.82, 2.24) is 0 Å². The summed E-state index contributed by atoms with van der Waals surface area (Å²) in [6, 6.07) is 1.50. The first kappa shape index (κ1) is 6.41. The summed E-state index contributed by atoms with van der Waals surface area (Å²) in [7, 11) is 0. The lowest BCUT2D eigenvalue weighted by atomic mass is 10.7. The molecule has 1 N–H and O–H groups in total. The third kappa shape index (κ3) is 3.23. The van der Waals surface area contributed by atoms with E-state index in [2.05, 4.69) is 4.74 Å². The summed E-state index contributed by atoms with van der Waals surface area (Å²) in [5.41, 5.74) is 0. The Morgan fingerprint density at radius 2 is 2.57 bits per heavy atom. The molecule has 0 aliphatic heterocycles. The van der Waals surface area contributed by atoms with E-state index < -0.39 is 6.29 Å². The minimum absolute atomic E-state index is 0.370. The van der Waals surface area contributed by atoms with Crippen LogP contribution in [0.15, 0.2) is 0 Å². The van der Waals surface area contributed by atoms with Gasteiger partial charge in [0.1, 0.15) is 6.07 Å². The molecule has 0 spiro atoms. The Hall–Kier alpha value is -0.590. The molecule has 0 fully saturated rings. The van der Waals surface area contributed by atoms with Crippen molar-refractivity contribution in [3.8, 4) is 6.07 Å². The zero-order chi connectivity index (χ0) is 5.70. The molecule has 0 aliphatic rings. The predicted octanol–water partition coefficient (Wildman–Crippen LogP) is -0.135. The first-order valence-corrected chi connectivity index (χ1v) is 2.00. The molecule has 0 heterocycles. The van der Waals surface area contributed by atoms with E-state index >= 15 is 0 Å². The van der Waals surface area contributed by atoms with E-state index in [1.807, 2.05) is 0 Å². The maximum absolute atomic E-state index is 8.27. The molecule has 0 saturated heterocycles. The second kappa shape index (κ2) is 3.59. The van der Waals surface area contributed by atoms with E-state index in [0.717, 1.165) is 0 Å². The molecule has 3 nitrogen and oxygen atoms in total. The number of nitrogens with zero attached hydrogens (tertiary/aromatic N) is 1. The van der Waals surface area contributed by atoms with Crippen LogP contribution in [0.25, 0.3) is 0 Å². The van der Waals surface area contributed by atoms with Gasteiger partial charge in [-0.2, -0.15) is 5.26 Å². The molecule has 7 heavy (non-hydrogen) atoms. The third-order valence-corrected chi connectivity index (χ3v) is 0.435. The number of hydrogen-bond acceptors (Lipinski definition) is 3. The predicted molar refractivity (Wildman–Crippen MR) is 23.2 cm³/mol. The summed E-state index contributed by atoms with van der Waals surface area (Å²) in [6.07, 6.45) is -1.25. The highest BCUT2D eigenvalue weighted by molar-refractivity contribution is 4.72. The summed E-state index contributed by atoms with van der Waals surface area (Å²) >= 11 is 0. The average molecular weight is 101 g/mol. The van der Waals surface area contributed by atoms with E-state index in [-0.39, 0.29) is 0 Å². The smallest absolute Gasteiger partial charge is 0.245 e. The number of ether oxygens (including phenoxy) is 1. The Kier molecular flexibility index (Phi) is 3.29. The van der Waals surface area contributed by atoms with Crippen LogP contribution in [-0.2, 0) is 4.74 Å². The molecule has 0 aromatic carbocycles. The van der Waals surface area contributed by atoms with E-state index in [4.69, 9.17) is 10.4 Å². The number of rotatable bonds is 2. The summed E-state index contributed by atoms with van der Waals surface area (Å²) in [4.78, 5) is 0. The monoisotopic (exact) mass is 101 g/mol. The Bertz CT molecular complexity index is 76.2. The number of aliphatic hydroxyl groups is 1. The van der Waals surface area contributed by atoms with Crippen LogP contribution < -0.4 is 0 Å². The molecule has 0 amide bonds. The zero-order valence-corrected chi connectivity index (χ0v) is 4.09. The standard InChI is InChI=1S/C4H7NO2/c1-2-7-4(6)3-5/h4,6H,2H2,1H3. The van der Waals surface area contributed by atoms with Crippen molar-refractivity contribution in [2.75, 3.05) is 6.61 Å². The van der Waals surface area contributed by atoms with Crippen LogP contribution in [0.2, 0.25) is 0 Å². The molecule has 40 valence electrons. The Balaban J connectivity index is 3.04. The van der Waals surface area contributed by atoms with Gasteiger partial charge in [-0.3, -0.25) is 0 Å². The van der Waals surface area contributed by atoms with Crippen molar-refractivity contribution < 1.29 is 9.84 Å². The van der Waals surface area contributed by atoms with Gasteiger partial charge in [0.25, 0.3) is 0 Å². The fourth-order valence-corrected chi connectivity index (χ4v) is 0.195. The SMILES string of the molecule is CCOC(O)C#N. The van der Waals surface area contributed by atoms with Crippen LogP contribution in [0.3, 0.4) is 0 Å². The minimum Gasteiger partial charge on any atom is -0.356 e. The summed E-state index contributed by atoms with van der Waals surface area (Å²) < 4.78 is 4.39. The maximum atomic E-state index is 8.27. The molecule has 0 aromatic heterocycles. The number of aliphatic hydroxyl groups excluding tert-OH is 1. The Morgan fingerprint density at radius 1 is 2.00 bits per heavy atom. The van der Waals surface area contributed by atoms with Crippen LogP contribution in [-0.4, -0.2) is 18.0 Å². The normalized spacial score (nSPS) is 12.7. The van der Waals surface area contributed by atoms with Crippen molar-refractivity contribution in [2.24, 2.45) is 0 Å². The van der Waals surface area contributed by atoms with Crippen LogP contribution in [0.5, 0.6) is 0 Å². The lowest BCUT2D eigenvalue weighted by molar-refractivity contribution is -0.0529. The minimum atomic E-state index is -1.25. The fourth-order valence-electron chi connectivity index (χ4n) is 0.195. The van der Waals surface area contributed by atoms with Crippen molar-refractivity contribution in [2.45, 2.75) is 13.2 Å². The molecule has 0 rings (SSSR count). The van der Waals surface area contributed by atoms with E-state index in [1.165, 1.54) is 6.07 Å². The van der Waals surface area contributed by atoms with E-state index in [9.17, 15) is 0 Å². The highest BCUT2D eigenvalue weighted by Crippen LogP contribution is 1.79. The lowest BCUT2D eigenvalue weighted by Crippen LogP contribution is -2.07. The molecule has 0 aromatic rings. The fraction of sp³-hybridized carbons (Fsp3) is 0.750. The molecule has 0 radical (unpaired) electrons. The first-order valence-electron chi connectivity index (χ1n) is 2.00. The van der Waals surface area contributed by atoms with Crippen LogP contribution in [0.4, 0.5) is 0 Å². The quantitative estimate of drug-likeness (QED) is 0.389. The molecular weight excluding hydrogens is 94.0 g/mol. The molecule has 0 aliphatic carbocycles. The lowest BCUT2D eigenvalue weighted by Gasteiger charge is -1.96. The van der Waals surface area contributed by atoms with Crippen molar-refractivity contribution in [3.63, 3.8) is 0 Å². The average Bonchev–Trinajstić information content (AvgIpc) is 1.68. The van der Waals surface area contributed by atoms with Gasteiger partial charge >= 0.3 is 0 Å². The van der Waals surface area contributed by atoms with Gasteiger partial charge in [0, 0.05) is 6.61 Å². The highest BCUT2D eigenvalue weighted by Gasteiger charge is 1.94. The van der Waals surface area contributed by atoms with E-state index in [1.54, 1.807) is 6.92 Å². The van der Waals surface area contributed by atoms with Gasteiger partial charge in [-0.15, -0.1) is 0 Å². The first-order chi connectivity index (χ1) is 3.31. The van der Waals surface area contributed by atoms with Gasteiger partial charge in [0.15, 0.2) is 0 Å². The van der Waals surface area contributed by atoms with E-state index in [0.29, 0.717) is 6.61 Å². The van der Waals surface area contributed by atoms with Crippen LogP contribution >= 0.6 is 0 Å². The third-order valence-electron chi connectivity index (χ3n) is 0.435. The molecular formula is C4H7NO2. The molecule has 0 bridgehead atoms. The van der Waals surface area contributed by atoms with Gasteiger partial charge in [-0.05, 0) is 6.92 Å².